The number of rotatable bonds is 7. The molecule has 0 saturated carbocycles. The van der Waals surface area contributed by atoms with Crippen molar-refractivity contribution in [2.75, 3.05) is 12.5 Å². The number of hydrogen-bond donors (Lipinski definition) is 0. The van der Waals surface area contributed by atoms with Gasteiger partial charge in [0.25, 0.3) is 0 Å². The van der Waals surface area contributed by atoms with E-state index in [-0.39, 0.29) is 0 Å². The van der Waals surface area contributed by atoms with Gasteiger partial charge in [-0.25, -0.2) is 0 Å². The lowest BCUT2D eigenvalue weighted by atomic mass is 10.6. The van der Waals surface area contributed by atoms with Crippen LogP contribution in [0.1, 0.15) is 26.7 Å². The highest BCUT2D eigenvalue weighted by Gasteiger charge is 2.26. The first-order valence-corrected chi connectivity index (χ1v) is 8.24. The second-order valence-corrected chi connectivity index (χ2v) is 7.99. The summed E-state index contributed by atoms with van der Waals surface area (Å²) in [5, 5.41) is 0. The van der Waals surface area contributed by atoms with Gasteiger partial charge in [0, 0.05) is 12.5 Å². The van der Waals surface area contributed by atoms with Gasteiger partial charge < -0.3 is 4.43 Å². The van der Waals surface area contributed by atoms with Crippen LogP contribution in [0, 0.1) is 0 Å². The Morgan fingerprint density at radius 2 is 1.92 bits per heavy atom. The second-order valence-electron chi connectivity index (χ2n) is 3.43. The van der Waals surface area contributed by atoms with Crippen molar-refractivity contribution in [2.24, 2.45) is 0 Å². The Morgan fingerprint density at radius 1 is 1.25 bits per heavy atom. The average Bonchev–Trinajstić information content (AvgIpc) is 2.02. The molecule has 12 heavy (non-hydrogen) atoms. The lowest BCUT2D eigenvalue weighted by Gasteiger charge is -2.26. The summed E-state index contributed by atoms with van der Waals surface area (Å²) in [5.74, 6) is 0.777. The first kappa shape index (κ1) is 12.5. The zero-order valence-electron chi connectivity index (χ0n) is 8.53. The third kappa shape index (κ3) is 5.17. The molecule has 0 fully saturated rings. The number of hydrogen-bond acceptors (Lipinski definition) is 1. The average molecular weight is 209 g/mol. The Kier molecular flexibility index (Phi) is 7.20. The van der Waals surface area contributed by atoms with Crippen molar-refractivity contribution in [1.82, 2.24) is 0 Å². The van der Waals surface area contributed by atoms with E-state index >= 15 is 0 Å². The third-order valence-electron chi connectivity index (χ3n) is 2.11. The third-order valence-corrected chi connectivity index (χ3v) is 6.33. The molecule has 1 atom stereocenters. The first-order chi connectivity index (χ1) is 5.68. The van der Waals surface area contributed by atoms with E-state index in [1.54, 1.807) is 0 Å². The van der Waals surface area contributed by atoms with E-state index in [4.69, 9.17) is 16.0 Å². The van der Waals surface area contributed by atoms with Gasteiger partial charge in [-0.2, -0.15) is 0 Å². The molecule has 0 heterocycles. The van der Waals surface area contributed by atoms with Crippen LogP contribution in [0.5, 0.6) is 0 Å². The highest BCUT2D eigenvalue weighted by Crippen LogP contribution is 2.21. The molecule has 0 aliphatic carbocycles. The maximum atomic E-state index is 5.85. The van der Waals surface area contributed by atoms with Crippen LogP contribution in [-0.2, 0) is 4.43 Å². The minimum atomic E-state index is -1.35. The van der Waals surface area contributed by atoms with Crippen molar-refractivity contribution in [2.45, 2.75) is 45.3 Å². The fourth-order valence-electron chi connectivity index (χ4n) is 1.59. The second kappa shape index (κ2) is 6.93. The topological polar surface area (TPSA) is 9.23 Å². The molecule has 0 amide bonds. The first-order valence-electron chi connectivity index (χ1n) is 4.88. The molecular weight excluding hydrogens is 188 g/mol. The van der Waals surface area contributed by atoms with Crippen molar-refractivity contribution in [3.8, 4) is 0 Å². The largest absolute Gasteiger partial charge is 0.417 e. The minimum absolute atomic E-state index is 0.777. The van der Waals surface area contributed by atoms with Gasteiger partial charge in [0.05, 0.1) is 0 Å². The summed E-state index contributed by atoms with van der Waals surface area (Å²) in [6.07, 6.45) is 2.36. The van der Waals surface area contributed by atoms with Crippen molar-refractivity contribution in [3.63, 3.8) is 0 Å². The van der Waals surface area contributed by atoms with Gasteiger partial charge in [0.15, 0.2) is 8.32 Å². The van der Waals surface area contributed by atoms with Crippen molar-refractivity contribution in [1.29, 1.82) is 0 Å². The van der Waals surface area contributed by atoms with Gasteiger partial charge in [-0.05, 0) is 32.0 Å². The molecule has 74 valence electrons. The summed E-state index contributed by atoms with van der Waals surface area (Å²) in [6.45, 7) is 7.50. The van der Waals surface area contributed by atoms with Gasteiger partial charge in [-0.1, -0.05) is 13.3 Å². The lowest BCUT2D eigenvalue weighted by Crippen LogP contribution is -2.34. The molecule has 0 aliphatic rings. The zero-order valence-corrected chi connectivity index (χ0v) is 10.3. The van der Waals surface area contributed by atoms with Gasteiger partial charge in [0.1, 0.15) is 0 Å². The van der Waals surface area contributed by atoms with Crippen molar-refractivity contribution < 1.29 is 4.43 Å². The Hall–Kier alpha value is 0.467. The van der Waals surface area contributed by atoms with E-state index in [0.717, 1.165) is 18.9 Å². The molecule has 0 aliphatic heterocycles. The van der Waals surface area contributed by atoms with Gasteiger partial charge in [-0.15, -0.1) is 11.6 Å². The van der Waals surface area contributed by atoms with Crippen LogP contribution in [0.2, 0.25) is 18.6 Å². The Labute approximate surface area is 82.6 Å². The highest BCUT2D eigenvalue weighted by molar-refractivity contribution is 6.72. The lowest BCUT2D eigenvalue weighted by molar-refractivity contribution is 0.322. The van der Waals surface area contributed by atoms with Crippen LogP contribution in [0.15, 0.2) is 0 Å². The van der Waals surface area contributed by atoms with Crippen LogP contribution in [0.25, 0.3) is 0 Å². The molecule has 0 aromatic carbocycles. The van der Waals surface area contributed by atoms with Crippen molar-refractivity contribution in [3.05, 3.63) is 0 Å². The number of alkyl halides is 1. The predicted octanol–water partition coefficient (Wildman–Crippen LogP) is 3.64. The molecule has 3 heteroatoms. The summed E-state index contributed by atoms with van der Waals surface area (Å²) in [5.41, 5.74) is 0. The van der Waals surface area contributed by atoms with Crippen LogP contribution in [-0.4, -0.2) is 20.8 Å². The predicted molar refractivity (Wildman–Crippen MR) is 58.5 cm³/mol. The summed E-state index contributed by atoms with van der Waals surface area (Å²) in [6, 6.07) is 2.50. The van der Waals surface area contributed by atoms with E-state index in [9.17, 15) is 0 Å². The monoisotopic (exact) mass is 208 g/mol. The van der Waals surface area contributed by atoms with Gasteiger partial charge >= 0.3 is 0 Å². The van der Waals surface area contributed by atoms with Crippen LogP contribution >= 0.6 is 11.6 Å². The molecule has 1 unspecified atom stereocenters. The van der Waals surface area contributed by atoms with Crippen LogP contribution in [0.4, 0.5) is 0 Å². The van der Waals surface area contributed by atoms with E-state index in [2.05, 4.69) is 20.4 Å². The molecule has 1 nitrogen and oxygen atoms in total. The summed E-state index contributed by atoms with van der Waals surface area (Å²) >= 11 is 5.67. The van der Waals surface area contributed by atoms with Crippen LogP contribution in [0.3, 0.4) is 0 Å². The fraction of sp³-hybridized carbons (Fsp3) is 1.00. The maximum absolute atomic E-state index is 5.85. The minimum Gasteiger partial charge on any atom is -0.417 e. The molecule has 0 radical (unpaired) electrons. The summed E-state index contributed by atoms with van der Waals surface area (Å²) in [7, 11) is -1.35. The van der Waals surface area contributed by atoms with Gasteiger partial charge in [0.2, 0.25) is 0 Å². The molecule has 0 N–H and O–H groups in total. The molecule has 0 bridgehead atoms. The summed E-state index contributed by atoms with van der Waals surface area (Å²) in [4.78, 5) is 0. The molecular formula is C9H21ClOSi. The summed E-state index contributed by atoms with van der Waals surface area (Å²) < 4.78 is 5.85. The van der Waals surface area contributed by atoms with E-state index < -0.39 is 8.32 Å². The fourth-order valence-corrected chi connectivity index (χ4v) is 5.16. The standard InChI is InChI=1S/C9H21ClOSi/c1-4-8-12(3,11-5-2)9-6-7-10/h4-9H2,1-3H3. The normalized spacial score (nSPS) is 16.0. The van der Waals surface area contributed by atoms with E-state index in [1.807, 2.05) is 0 Å². The Balaban J connectivity index is 3.80. The van der Waals surface area contributed by atoms with E-state index in [0.29, 0.717) is 0 Å². The number of halogens is 1. The van der Waals surface area contributed by atoms with Gasteiger partial charge in [-0.3, -0.25) is 0 Å². The smallest absolute Gasteiger partial charge is 0.189 e. The SMILES string of the molecule is CCC[Si](C)(CCCCl)OCC. The Bertz CT molecular complexity index is 103. The maximum Gasteiger partial charge on any atom is 0.189 e. The molecule has 0 aromatic heterocycles. The molecule has 0 aromatic rings. The van der Waals surface area contributed by atoms with Crippen molar-refractivity contribution >= 4 is 19.9 Å². The quantitative estimate of drug-likeness (QED) is 0.459. The Morgan fingerprint density at radius 3 is 2.33 bits per heavy atom. The zero-order chi connectivity index (χ0) is 9.45. The molecule has 0 spiro atoms. The van der Waals surface area contributed by atoms with Crippen LogP contribution < -0.4 is 0 Å². The molecule has 0 rings (SSSR count). The highest BCUT2D eigenvalue weighted by atomic mass is 35.5. The molecule has 0 saturated heterocycles. The van der Waals surface area contributed by atoms with E-state index in [1.165, 1.54) is 18.5 Å².